The average Bonchev–Trinajstić information content (AvgIpc) is 2.94. The van der Waals surface area contributed by atoms with Gasteiger partial charge in [0, 0.05) is 17.1 Å². The lowest BCUT2D eigenvalue weighted by atomic mass is 9.76. The van der Waals surface area contributed by atoms with Crippen LogP contribution in [-0.2, 0) is 19.4 Å². The molecule has 0 aliphatic heterocycles. The lowest BCUT2D eigenvalue weighted by Crippen LogP contribution is -2.23. The Balaban J connectivity index is 1.96. The number of carbonyl (C=O) groups is 2. The third kappa shape index (κ3) is 3.66. The van der Waals surface area contributed by atoms with Crippen molar-refractivity contribution in [3.63, 3.8) is 0 Å². The predicted molar refractivity (Wildman–Crippen MR) is 104 cm³/mol. The SMILES string of the molecule is CNCc1ccccc1NC(=O)c1sc2c(c1C(=O)O)CC(C)(C)CC2. The van der Waals surface area contributed by atoms with E-state index in [-0.39, 0.29) is 16.9 Å². The van der Waals surface area contributed by atoms with Crippen LogP contribution in [0.1, 0.15) is 56.3 Å². The Morgan fingerprint density at radius 2 is 2.00 bits per heavy atom. The van der Waals surface area contributed by atoms with Crippen LogP contribution in [0.3, 0.4) is 0 Å². The molecule has 0 atom stereocenters. The number of carbonyl (C=O) groups excluding carboxylic acids is 1. The standard InChI is InChI=1S/C20H24N2O3S/c1-20(2)9-8-15-13(10-20)16(19(24)25)17(26-15)18(23)22-14-7-5-4-6-12(14)11-21-3/h4-7,21H,8-11H2,1-3H3,(H,22,23)(H,24,25). The molecule has 5 nitrogen and oxygen atoms in total. The van der Waals surface area contributed by atoms with E-state index in [1.807, 2.05) is 31.3 Å². The van der Waals surface area contributed by atoms with Gasteiger partial charge in [0.05, 0.1) is 5.56 Å². The summed E-state index contributed by atoms with van der Waals surface area (Å²) in [6, 6.07) is 7.54. The summed E-state index contributed by atoms with van der Waals surface area (Å²) in [6.45, 7) is 4.91. The predicted octanol–water partition coefficient (Wildman–Crippen LogP) is 3.93. The molecule has 1 aromatic carbocycles. The number of aromatic carboxylic acids is 1. The second-order valence-electron chi connectivity index (χ2n) is 7.50. The molecule has 0 spiro atoms. The summed E-state index contributed by atoms with van der Waals surface area (Å²) in [5, 5.41) is 15.7. The molecule has 1 aliphatic carbocycles. The van der Waals surface area contributed by atoms with Crippen molar-refractivity contribution in [1.82, 2.24) is 5.32 Å². The Kier molecular flexibility index (Phi) is 5.16. The summed E-state index contributed by atoms with van der Waals surface area (Å²) in [4.78, 5) is 26.1. The van der Waals surface area contributed by atoms with E-state index >= 15 is 0 Å². The maximum atomic E-state index is 12.9. The van der Waals surface area contributed by atoms with Crippen LogP contribution < -0.4 is 10.6 Å². The van der Waals surface area contributed by atoms with Crippen LogP contribution in [0.5, 0.6) is 0 Å². The maximum Gasteiger partial charge on any atom is 0.337 e. The maximum absolute atomic E-state index is 12.9. The molecule has 1 amide bonds. The fourth-order valence-corrected chi connectivity index (χ4v) is 4.68. The zero-order valence-electron chi connectivity index (χ0n) is 15.3. The van der Waals surface area contributed by atoms with Crippen LogP contribution in [0.25, 0.3) is 0 Å². The number of nitrogens with one attached hydrogen (secondary N) is 2. The third-order valence-electron chi connectivity index (χ3n) is 4.83. The number of amides is 1. The van der Waals surface area contributed by atoms with Crippen LogP contribution in [0.15, 0.2) is 24.3 Å². The van der Waals surface area contributed by atoms with E-state index in [2.05, 4.69) is 24.5 Å². The minimum absolute atomic E-state index is 0.0609. The molecule has 3 rings (SSSR count). The molecular weight excluding hydrogens is 348 g/mol. The zero-order chi connectivity index (χ0) is 18.9. The van der Waals surface area contributed by atoms with Crippen LogP contribution in [-0.4, -0.2) is 24.0 Å². The van der Waals surface area contributed by atoms with Gasteiger partial charge in [-0.15, -0.1) is 11.3 Å². The Bertz CT molecular complexity index is 855. The zero-order valence-corrected chi connectivity index (χ0v) is 16.1. The Morgan fingerprint density at radius 1 is 1.27 bits per heavy atom. The van der Waals surface area contributed by atoms with Crippen LogP contribution >= 0.6 is 11.3 Å². The molecule has 0 unspecified atom stereocenters. The third-order valence-corrected chi connectivity index (χ3v) is 6.12. The van der Waals surface area contributed by atoms with E-state index in [9.17, 15) is 14.7 Å². The minimum Gasteiger partial charge on any atom is -0.478 e. The molecule has 1 heterocycles. The van der Waals surface area contributed by atoms with Crippen molar-refractivity contribution < 1.29 is 14.7 Å². The summed E-state index contributed by atoms with van der Waals surface area (Å²) in [7, 11) is 1.84. The number of benzene rings is 1. The number of aryl methyl sites for hydroxylation is 1. The Morgan fingerprint density at radius 3 is 2.69 bits per heavy atom. The summed E-state index contributed by atoms with van der Waals surface area (Å²) in [5.41, 5.74) is 2.75. The van der Waals surface area contributed by atoms with Gasteiger partial charge in [0.15, 0.2) is 0 Å². The smallest absolute Gasteiger partial charge is 0.337 e. The normalized spacial score (nSPS) is 15.3. The molecule has 0 saturated carbocycles. The number of carboxylic acid groups (broad SMARTS) is 1. The Hall–Kier alpha value is -2.18. The first-order valence-corrected chi connectivity index (χ1v) is 9.56. The van der Waals surface area contributed by atoms with Crippen molar-refractivity contribution in [2.45, 2.75) is 39.7 Å². The van der Waals surface area contributed by atoms with Gasteiger partial charge in [0.25, 0.3) is 5.91 Å². The molecule has 0 fully saturated rings. The molecule has 0 radical (unpaired) electrons. The van der Waals surface area contributed by atoms with Gasteiger partial charge in [-0.3, -0.25) is 4.79 Å². The number of hydrogen-bond donors (Lipinski definition) is 3. The largest absolute Gasteiger partial charge is 0.478 e. The number of hydrogen-bond acceptors (Lipinski definition) is 4. The number of fused-ring (bicyclic) bond motifs is 1. The molecule has 2 aromatic rings. The summed E-state index contributed by atoms with van der Waals surface area (Å²) >= 11 is 1.33. The van der Waals surface area contributed by atoms with Gasteiger partial charge >= 0.3 is 5.97 Å². The van der Waals surface area contributed by atoms with Gasteiger partial charge in [-0.25, -0.2) is 4.79 Å². The first-order chi connectivity index (χ1) is 12.3. The van der Waals surface area contributed by atoms with E-state index in [1.165, 1.54) is 11.3 Å². The highest BCUT2D eigenvalue weighted by atomic mass is 32.1. The molecule has 0 saturated heterocycles. The number of rotatable bonds is 5. The molecule has 1 aliphatic rings. The summed E-state index contributed by atoms with van der Waals surface area (Å²) in [6.07, 6.45) is 2.53. The molecule has 0 bridgehead atoms. The van der Waals surface area contributed by atoms with Gasteiger partial charge < -0.3 is 15.7 Å². The number of anilines is 1. The average molecular weight is 372 g/mol. The Labute approximate surface area is 157 Å². The molecule has 138 valence electrons. The number of thiophene rings is 1. The topological polar surface area (TPSA) is 78.4 Å². The van der Waals surface area contributed by atoms with Crippen LogP contribution in [0, 0.1) is 5.41 Å². The second kappa shape index (κ2) is 7.21. The van der Waals surface area contributed by atoms with Crippen molar-refractivity contribution >= 4 is 28.9 Å². The van der Waals surface area contributed by atoms with Crippen molar-refractivity contribution in [1.29, 1.82) is 0 Å². The van der Waals surface area contributed by atoms with Crippen molar-refractivity contribution in [3.05, 3.63) is 50.7 Å². The van der Waals surface area contributed by atoms with Crippen molar-refractivity contribution in [3.8, 4) is 0 Å². The lowest BCUT2D eigenvalue weighted by Gasteiger charge is -2.29. The molecular formula is C20H24N2O3S. The summed E-state index contributed by atoms with van der Waals surface area (Å²) < 4.78 is 0. The number of para-hydroxylation sites is 1. The molecule has 6 heteroatoms. The van der Waals surface area contributed by atoms with E-state index < -0.39 is 5.97 Å². The van der Waals surface area contributed by atoms with Gasteiger partial charge in [0.1, 0.15) is 4.88 Å². The van der Waals surface area contributed by atoms with Gasteiger partial charge in [-0.05, 0) is 48.9 Å². The second-order valence-corrected chi connectivity index (χ2v) is 8.60. The van der Waals surface area contributed by atoms with E-state index in [0.29, 0.717) is 23.5 Å². The first-order valence-electron chi connectivity index (χ1n) is 8.74. The van der Waals surface area contributed by atoms with Gasteiger partial charge in [0.2, 0.25) is 0 Å². The highest BCUT2D eigenvalue weighted by Crippen LogP contribution is 2.41. The van der Waals surface area contributed by atoms with Crippen LogP contribution in [0.2, 0.25) is 0 Å². The lowest BCUT2D eigenvalue weighted by molar-refractivity contribution is 0.0691. The molecule has 3 N–H and O–H groups in total. The molecule has 1 aromatic heterocycles. The fraction of sp³-hybridized carbons (Fsp3) is 0.400. The van der Waals surface area contributed by atoms with Gasteiger partial charge in [-0.1, -0.05) is 32.0 Å². The fourth-order valence-electron chi connectivity index (χ4n) is 3.47. The van der Waals surface area contributed by atoms with Crippen LogP contribution in [0.4, 0.5) is 5.69 Å². The van der Waals surface area contributed by atoms with Crippen molar-refractivity contribution in [2.75, 3.05) is 12.4 Å². The minimum atomic E-state index is -1.02. The van der Waals surface area contributed by atoms with Gasteiger partial charge in [-0.2, -0.15) is 0 Å². The van der Waals surface area contributed by atoms with Crippen molar-refractivity contribution in [2.24, 2.45) is 5.41 Å². The van der Waals surface area contributed by atoms with E-state index in [1.54, 1.807) is 0 Å². The molecule has 26 heavy (non-hydrogen) atoms. The number of carboxylic acids is 1. The first kappa shape index (κ1) is 18.6. The summed E-state index contributed by atoms with van der Waals surface area (Å²) in [5.74, 6) is -1.36. The van der Waals surface area contributed by atoms with E-state index in [4.69, 9.17) is 0 Å². The quantitative estimate of drug-likeness (QED) is 0.743. The monoisotopic (exact) mass is 372 g/mol. The van der Waals surface area contributed by atoms with E-state index in [0.717, 1.165) is 28.8 Å². The highest BCUT2D eigenvalue weighted by Gasteiger charge is 2.34. The highest BCUT2D eigenvalue weighted by molar-refractivity contribution is 7.14.